The van der Waals surface area contributed by atoms with Crippen LogP contribution in [0.2, 0.25) is 0 Å². The van der Waals surface area contributed by atoms with Gasteiger partial charge in [0, 0.05) is 45.1 Å². The van der Waals surface area contributed by atoms with Crippen LogP contribution in [0, 0.1) is 0 Å². The van der Waals surface area contributed by atoms with Crippen LogP contribution in [0.5, 0.6) is 5.75 Å². The third-order valence-corrected chi connectivity index (χ3v) is 3.77. The highest BCUT2D eigenvalue weighted by atomic mass is 19.4. The number of aromatic nitrogens is 2. The summed E-state index contributed by atoms with van der Waals surface area (Å²) < 4.78 is 40.3. The molecule has 1 aliphatic rings. The van der Waals surface area contributed by atoms with Crippen molar-refractivity contribution >= 4 is 5.95 Å². The SMILES string of the molecule is FC(F)(F)Oc1ccc(CN2CCN(c3ncccn3)CC2)cc1. The van der Waals surface area contributed by atoms with E-state index in [-0.39, 0.29) is 5.75 Å². The van der Waals surface area contributed by atoms with Crippen molar-refractivity contribution in [1.29, 1.82) is 0 Å². The summed E-state index contributed by atoms with van der Waals surface area (Å²) in [4.78, 5) is 12.9. The predicted molar refractivity (Wildman–Crippen MR) is 82.6 cm³/mol. The first-order chi connectivity index (χ1) is 11.5. The summed E-state index contributed by atoms with van der Waals surface area (Å²) in [5, 5.41) is 0. The van der Waals surface area contributed by atoms with Gasteiger partial charge in [-0.1, -0.05) is 12.1 Å². The van der Waals surface area contributed by atoms with E-state index in [9.17, 15) is 13.2 Å². The Labute approximate surface area is 137 Å². The summed E-state index contributed by atoms with van der Waals surface area (Å²) in [6.07, 6.45) is -1.21. The molecule has 1 aromatic heterocycles. The molecule has 8 heteroatoms. The standard InChI is InChI=1S/C16H17F3N4O/c17-16(18,19)24-14-4-2-13(3-5-14)12-22-8-10-23(11-9-22)15-20-6-1-7-21-15/h1-7H,8-12H2. The lowest BCUT2D eigenvalue weighted by molar-refractivity contribution is -0.274. The molecule has 5 nitrogen and oxygen atoms in total. The Balaban J connectivity index is 1.51. The minimum absolute atomic E-state index is 0.197. The lowest BCUT2D eigenvalue weighted by Crippen LogP contribution is -2.46. The van der Waals surface area contributed by atoms with Gasteiger partial charge in [0.15, 0.2) is 0 Å². The fraction of sp³-hybridized carbons (Fsp3) is 0.375. The van der Waals surface area contributed by atoms with Gasteiger partial charge in [0.1, 0.15) is 5.75 Å². The van der Waals surface area contributed by atoms with Crippen LogP contribution < -0.4 is 9.64 Å². The van der Waals surface area contributed by atoms with Crippen LogP contribution in [0.3, 0.4) is 0 Å². The van der Waals surface area contributed by atoms with Crippen molar-refractivity contribution in [1.82, 2.24) is 14.9 Å². The van der Waals surface area contributed by atoms with E-state index in [0.29, 0.717) is 6.54 Å². The van der Waals surface area contributed by atoms with Crippen molar-refractivity contribution in [3.05, 3.63) is 48.3 Å². The number of halogens is 3. The first-order valence-corrected chi connectivity index (χ1v) is 7.59. The Kier molecular flexibility index (Phi) is 4.84. The quantitative estimate of drug-likeness (QED) is 0.857. The topological polar surface area (TPSA) is 41.5 Å². The van der Waals surface area contributed by atoms with Crippen LogP contribution >= 0.6 is 0 Å². The molecule has 1 fully saturated rings. The molecule has 0 spiro atoms. The molecule has 2 heterocycles. The Morgan fingerprint density at radius 3 is 2.17 bits per heavy atom. The number of hydrogen-bond acceptors (Lipinski definition) is 5. The average Bonchev–Trinajstić information content (AvgIpc) is 2.57. The van der Waals surface area contributed by atoms with Gasteiger partial charge < -0.3 is 9.64 Å². The molecule has 3 rings (SSSR count). The lowest BCUT2D eigenvalue weighted by atomic mass is 10.2. The number of ether oxygens (including phenoxy) is 1. The largest absolute Gasteiger partial charge is 0.573 e. The Hall–Kier alpha value is -2.35. The fourth-order valence-electron chi connectivity index (χ4n) is 2.62. The van der Waals surface area contributed by atoms with E-state index >= 15 is 0 Å². The maximum absolute atomic E-state index is 12.1. The molecule has 2 aromatic rings. The zero-order valence-electron chi connectivity index (χ0n) is 12.9. The van der Waals surface area contributed by atoms with Crippen molar-refractivity contribution in [3.63, 3.8) is 0 Å². The summed E-state index contributed by atoms with van der Waals surface area (Å²) in [6, 6.07) is 7.79. The van der Waals surface area contributed by atoms with Crippen molar-refractivity contribution in [2.75, 3.05) is 31.1 Å². The molecule has 0 radical (unpaired) electrons. The lowest BCUT2D eigenvalue weighted by Gasteiger charge is -2.34. The highest BCUT2D eigenvalue weighted by Gasteiger charge is 2.31. The first kappa shape index (κ1) is 16.5. The van der Waals surface area contributed by atoms with Gasteiger partial charge in [-0.05, 0) is 23.8 Å². The molecular formula is C16H17F3N4O. The number of rotatable bonds is 4. The van der Waals surface area contributed by atoms with Gasteiger partial charge in [0.25, 0.3) is 0 Å². The van der Waals surface area contributed by atoms with Crippen molar-refractivity contribution in [3.8, 4) is 5.75 Å². The Bertz CT molecular complexity index is 641. The van der Waals surface area contributed by atoms with E-state index in [0.717, 1.165) is 37.7 Å². The molecule has 1 aliphatic heterocycles. The molecule has 0 bridgehead atoms. The van der Waals surface area contributed by atoms with Gasteiger partial charge in [-0.3, -0.25) is 4.90 Å². The van der Waals surface area contributed by atoms with E-state index in [1.807, 2.05) is 0 Å². The molecular weight excluding hydrogens is 321 g/mol. The van der Waals surface area contributed by atoms with Crippen LogP contribution in [0.1, 0.15) is 5.56 Å². The van der Waals surface area contributed by atoms with Gasteiger partial charge >= 0.3 is 6.36 Å². The summed E-state index contributed by atoms with van der Waals surface area (Å²) >= 11 is 0. The van der Waals surface area contributed by atoms with Gasteiger partial charge in [-0.15, -0.1) is 13.2 Å². The van der Waals surface area contributed by atoms with Crippen LogP contribution in [0.4, 0.5) is 19.1 Å². The fourth-order valence-corrected chi connectivity index (χ4v) is 2.62. The number of anilines is 1. The van der Waals surface area contributed by atoms with Gasteiger partial charge in [-0.25, -0.2) is 9.97 Å². The number of hydrogen-bond donors (Lipinski definition) is 0. The predicted octanol–water partition coefficient (Wildman–Crippen LogP) is 2.70. The maximum atomic E-state index is 12.1. The summed E-state index contributed by atoms with van der Waals surface area (Å²) in [5.41, 5.74) is 0.953. The number of piperazine rings is 1. The molecule has 0 saturated carbocycles. The minimum Gasteiger partial charge on any atom is -0.406 e. The second-order valence-corrected chi connectivity index (χ2v) is 5.50. The average molecular weight is 338 g/mol. The Morgan fingerprint density at radius 2 is 1.58 bits per heavy atom. The maximum Gasteiger partial charge on any atom is 0.573 e. The van der Waals surface area contributed by atoms with E-state index < -0.39 is 6.36 Å². The molecule has 0 unspecified atom stereocenters. The molecule has 1 saturated heterocycles. The first-order valence-electron chi connectivity index (χ1n) is 7.59. The Morgan fingerprint density at radius 1 is 0.958 bits per heavy atom. The molecule has 0 N–H and O–H groups in total. The summed E-state index contributed by atoms with van der Waals surface area (Å²) in [5.74, 6) is 0.531. The van der Waals surface area contributed by atoms with Crippen molar-refractivity contribution in [2.24, 2.45) is 0 Å². The second kappa shape index (κ2) is 7.04. The van der Waals surface area contributed by atoms with Crippen molar-refractivity contribution < 1.29 is 17.9 Å². The molecule has 128 valence electrons. The van der Waals surface area contributed by atoms with Crippen LogP contribution in [0.25, 0.3) is 0 Å². The van der Waals surface area contributed by atoms with Crippen LogP contribution in [-0.2, 0) is 6.54 Å². The third kappa shape index (κ3) is 4.58. The van der Waals surface area contributed by atoms with E-state index in [1.54, 1.807) is 30.6 Å². The smallest absolute Gasteiger partial charge is 0.406 e. The zero-order valence-corrected chi connectivity index (χ0v) is 12.9. The zero-order chi connectivity index (χ0) is 17.0. The highest BCUT2D eigenvalue weighted by Crippen LogP contribution is 2.23. The van der Waals surface area contributed by atoms with Crippen LogP contribution in [0.15, 0.2) is 42.7 Å². The van der Waals surface area contributed by atoms with E-state index in [2.05, 4.69) is 24.5 Å². The second-order valence-electron chi connectivity index (χ2n) is 5.50. The number of benzene rings is 1. The van der Waals surface area contributed by atoms with Crippen LogP contribution in [-0.4, -0.2) is 47.4 Å². The molecule has 24 heavy (non-hydrogen) atoms. The molecule has 0 amide bonds. The monoisotopic (exact) mass is 338 g/mol. The van der Waals surface area contributed by atoms with E-state index in [4.69, 9.17) is 0 Å². The molecule has 1 aromatic carbocycles. The molecule has 0 aliphatic carbocycles. The normalized spacial score (nSPS) is 16.2. The van der Waals surface area contributed by atoms with Gasteiger partial charge in [0.05, 0.1) is 0 Å². The summed E-state index contributed by atoms with van der Waals surface area (Å²) in [6.45, 7) is 4.02. The number of nitrogens with zero attached hydrogens (tertiary/aromatic N) is 4. The molecule has 0 atom stereocenters. The van der Waals surface area contributed by atoms with Gasteiger partial charge in [0.2, 0.25) is 5.95 Å². The highest BCUT2D eigenvalue weighted by molar-refractivity contribution is 5.30. The van der Waals surface area contributed by atoms with E-state index in [1.165, 1.54) is 12.1 Å². The summed E-state index contributed by atoms with van der Waals surface area (Å²) in [7, 11) is 0. The third-order valence-electron chi connectivity index (χ3n) is 3.77. The minimum atomic E-state index is -4.66. The van der Waals surface area contributed by atoms with Crippen molar-refractivity contribution in [2.45, 2.75) is 12.9 Å². The number of alkyl halides is 3. The van der Waals surface area contributed by atoms with Gasteiger partial charge in [-0.2, -0.15) is 0 Å².